The van der Waals surface area contributed by atoms with Gasteiger partial charge in [-0.2, -0.15) is 0 Å². The Morgan fingerprint density at radius 2 is 1.91 bits per heavy atom. The Balaban J connectivity index is 2.18. The molecule has 2 rings (SSSR count). The van der Waals surface area contributed by atoms with Gasteiger partial charge in [-0.05, 0) is 25.0 Å². The number of aromatic nitrogens is 2. The summed E-state index contributed by atoms with van der Waals surface area (Å²) in [7, 11) is 2.94. The molecule has 0 amide bonds. The molecule has 0 bridgehead atoms. The van der Waals surface area contributed by atoms with Gasteiger partial charge in [0.15, 0.2) is 0 Å². The van der Waals surface area contributed by atoms with Gasteiger partial charge in [0.1, 0.15) is 11.5 Å². The van der Waals surface area contributed by atoms with E-state index in [2.05, 4.69) is 0 Å². The maximum Gasteiger partial charge on any atom is 0.348 e. The standard InChI is InChI=1S/C15H18N2O4S/c1-5-11-9(2)6-12(22-11)14(19)21-8-10-7-13(18)17(4)15(20)16(10)3/h6-7H,5,8H2,1-4H3. The van der Waals surface area contributed by atoms with Crippen molar-refractivity contribution in [3.8, 4) is 0 Å². The molecular weight excluding hydrogens is 304 g/mol. The average Bonchev–Trinajstić information content (AvgIpc) is 2.88. The molecule has 2 aromatic rings. The molecule has 7 heteroatoms. The summed E-state index contributed by atoms with van der Waals surface area (Å²) < 4.78 is 7.52. The molecule has 0 fully saturated rings. The topological polar surface area (TPSA) is 70.3 Å². The van der Waals surface area contributed by atoms with Crippen molar-refractivity contribution < 1.29 is 9.53 Å². The summed E-state index contributed by atoms with van der Waals surface area (Å²) in [6, 6.07) is 3.10. The minimum Gasteiger partial charge on any atom is -0.455 e. The van der Waals surface area contributed by atoms with Crippen molar-refractivity contribution in [1.82, 2.24) is 9.13 Å². The van der Waals surface area contributed by atoms with Gasteiger partial charge in [0.25, 0.3) is 5.56 Å². The molecule has 0 spiro atoms. The van der Waals surface area contributed by atoms with E-state index in [-0.39, 0.29) is 6.61 Å². The molecule has 0 saturated carbocycles. The lowest BCUT2D eigenvalue weighted by Crippen LogP contribution is -2.38. The molecule has 22 heavy (non-hydrogen) atoms. The van der Waals surface area contributed by atoms with E-state index in [0.717, 1.165) is 21.4 Å². The highest BCUT2D eigenvalue weighted by Gasteiger charge is 2.14. The number of aryl methyl sites for hydroxylation is 2. The Morgan fingerprint density at radius 3 is 2.50 bits per heavy atom. The molecule has 0 aliphatic heterocycles. The number of ether oxygens (including phenoxy) is 1. The highest BCUT2D eigenvalue weighted by atomic mass is 32.1. The van der Waals surface area contributed by atoms with Crippen LogP contribution >= 0.6 is 11.3 Å². The third-order valence-electron chi connectivity index (χ3n) is 3.52. The zero-order valence-electron chi connectivity index (χ0n) is 13.0. The van der Waals surface area contributed by atoms with Crippen LogP contribution in [-0.2, 0) is 31.9 Å². The molecule has 118 valence electrons. The zero-order valence-corrected chi connectivity index (χ0v) is 13.8. The monoisotopic (exact) mass is 322 g/mol. The van der Waals surface area contributed by atoms with Crippen LogP contribution in [0.5, 0.6) is 0 Å². The second-order valence-electron chi connectivity index (χ2n) is 5.02. The van der Waals surface area contributed by atoms with Crippen LogP contribution in [0.3, 0.4) is 0 Å². The number of rotatable bonds is 4. The van der Waals surface area contributed by atoms with Gasteiger partial charge in [0, 0.05) is 25.0 Å². The SMILES string of the molecule is CCc1sc(C(=O)OCc2cc(=O)n(C)c(=O)n2C)cc1C. The third kappa shape index (κ3) is 3.04. The predicted molar refractivity (Wildman–Crippen MR) is 84.5 cm³/mol. The molecular formula is C15H18N2O4S. The van der Waals surface area contributed by atoms with Crippen LogP contribution < -0.4 is 11.2 Å². The van der Waals surface area contributed by atoms with Gasteiger partial charge >= 0.3 is 11.7 Å². The summed E-state index contributed by atoms with van der Waals surface area (Å²) in [5.74, 6) is -0.444. The second-order valence-corrected chi connectivity index (χ2v) is 6.16. The van der Waals surface area contributed by atoms with Crippen LogP contribution in [0.2, 0.25) is 0 Å². The fourth-order valence-corrected chi connectivity index (χ4v) is 3.11. The molecule has 0 atom stereocenters. The van der Waals surface area contributed by atoms with E-state index in [0.29, 0.717) is 10.6 Å². The van der Waals surface area contributed by atoms with Gasteiger partial charge in [0.05, 0.1) is 5.69 Å². The summed E-state index contributed by atoms with van der Waals surface area (Å²) in [6.07, 6.45) is 0.868. The number of carbonyl (C=O) groups is 1. The van der Waals surface area contributed by atoms with Crippen molar-refractivity contribution in [2.24, 2.45) is 14.1 Å². The number of carbonyl (C=O) groups excluding carboxylic acids is 1. The quantitative estimate of drug-likeness (QED) is 0.797. The van der Waals surface area contributed by atoms with Crippen molar-refractivity contribution in [1.29, 1.82) is 0 Å². The number of hydrogen-bond acceptors (Lipinski definition) is 5. The first kappa shape index (κ1) is 16.2. The van der Waals surface area contributed by atoms with Crippen LogP contribution in [-0.4, -0.2) is 15.1 Å². The van der Waals surface area contributed by atoms with Gasteiger partial charge in [-0.3, -0.25) is 13.9 Å². The molecule has 2 aromatic heterocycles. The maximum absolute atomic E-state index is 12.1. The average molecular weight is 322 g/mol. The smallest absolute Gasteiger partial charge is 0.348 e. The maximum atomic E-state index is 12.1. The molecule has 0 aromatic carbocycles. The fraction of sp³-hybridized carbons (Fsp3) is 0.400. The highest BCUT2D eigenvalue weighted by Crippen LogP contribution is 2.23. The lowest BCUT2D eigenvalue weighted by molar-refractivity contribution is 0.0468. The highest BCUT2D eigenvalue weighted by molar-refractivity contribution is 7.14. The summed E-state index contributed by atoms with van der Waals surface area (Å²) >= 11 is 1.41. The minimum atomic E-state index is -0.446. The lowest BCUT2D eigenvalue weighted by atomic mass is 10.2. The Morgan fingerprint density at radius 1 is 1.23 bits per heavy atom. The lowest BCUT2D eigenvalue weighted by Gasteiger charge is -2.09. The van der Waals surface area contributed by atoms with Gasteiger partial charge in [-0.25, -0.2) is 9.59 Å². The number of hydrogen-bond donors (Lipinski definition) is 0. The first-order chi connectivity index (χ1) is 10.3. The Labute approximate surface area is 131 Å². The molecule has 6 nitrogen and oxygen atoms in total. The summed E-state index contributed by atoms with van der Waals surface area (Å²) in [4.78, 5) is 37.2. The van der Waals surface area contributed by atoms with Crippen molar-refractivity contribution in [2.75, 3.05) is 0 Å². The van der Waals surface area contributed by atoms with Crippen molar-refractivity contribution in [3.63, 3.8) is 0 Å². The minimum absolute atomic E-state index is 0.112. The van der Waals surface area contributed by atoms with E-state index >= 15 is 0 Å². The van der Waals surface area contributed by atoms with Crippen LogP contribution in [0.1, 0.15) is 32.7 Å². The molecule has 2 heterocycles. The van der Waals surface area contributed by atoms with E-state index in [9.17, 15) is 14.4 Å². The fourth-order valence-electron chi connectivity index (χ4n) is 2.10. The molecule has 0 N–H and O–H groups in total. The van der Waals surface area contributed by atoms with Gasteiger partial charge < -0.3 is 4.74 Å². The molecule has 0 unspecified atom stereocenters. The largest absolute Gasteiger partial charge is 0.455 e. The van der Waals surface area contributed by atoms with Crippen LogP contribution in [0.4, 0.5) is 0 Å². The van der Waals surface area contributed by atoms with Crippen LogP contribution in [0, 0.1) is 6.92 Å². The molecule has 0 aliphatic carbocycles. The predicted octanol–water partition coefficient (Wildman–Crippen LogP) is 1.37. The number of nitrogens with zero attached hydrogens (tertiary/aromatic N) is 2. The van der Waals surface area contributed by atoms with E-state index in [4.69, 9.17) is 4.74 Å². The molecule has 0 saturated heterocycles. The zero-order chi connectivity index (χ0) is 16.4. The van der Waals surface area contributed by atoms with E-state index < -0.39 is 17.2 Å². The number of esters is 1. The second kappa shape index (κ2) is 6.31. The van der Waals surface area contributed by atoms with Crippen molar-refractivity contribution in [3.05, 3.63) is 54.0 Å². The van der Waals surface area contributed by atoms with Gasteiger partial charge in [0.2, 0.25) is 0 Å². The van der Waals surface area contributed by atoms with Gasteiger partial charge in [-0.1, -0.05) is 6.92 Å². The van der Waals surface area contributed by atoms with E-state index in [1.807, 2.05) is 13.8 Å². The molecule has 0 radical (unpaired) electrons. The third-order valence-corrected chi connectivity index (χ3v) is 4.88. The Hall–Kier alpha value is -2.15. The summed E-state index contributed by atoms with van der Waals surface area (Å²) in [5, 5.41) is 0. The van der Waals surface area contributed by atoms with Crippen molar-refractivity contribution >= 4 is 17.3 Å². The first-order valence-corrected chi connectivity index (χ1v) is 7.69. The van der Waals surface area contributed by atoms with E-state index in [1.165, 1.54) is 36.1 Å². The van der Waals surface area contributed by atoms with Gasteiger partial charge in [-0.15, -0.1) is 11.3 Å². The summed E-state index contributed by atoms with van der Waals surface area (Å²) in [6.45, 7) is 3.87. The normalized spacial score (nSPS) is 10.7. The molecule has 0 aliphatic rings. The van der Waals surface area contributed by atoms with Crippen molar-refractivity contribution in [2.45, 2.75) is 26.9 Å². The van der Waals surface area contributed by atoms with Crippen LogP contribution in [0.25, 0.3) is 0 Å². The Kier molecular flexibility index (Phi) is 4.65. The van der Waals surface area contributed by atoms with E-state index in [1.54, 1.807) is 6.07 Å². The first-order valence-electron chi connectivity index (χ1n) is 6.87. The number of thiophene rings is 1. The Bertz CT molecular complexity index is 829. The summed E-state index contributed by atoms with van der Waals surface area (Å²) in [5.41, 5.74) is 0.569. The van der Waals surface area contributed by atoms with Crippen LogP contribution in [0.15, 0.2) is 21.7 Å².